The van der Waals surface area contributed by atoms with Crippen molar-refractivity contribution in [3.8, 4) is 0 Å². The Morgan fingerprint density at radius 2 is 1.96 bits per heavy atom. The van der Waals surface area contributed by atoms with Gasteiger partial charge in [-0.05, 0) is 31.2 Å². The molecule has 7 nitrogen and oxygen atoms in total. The number of benzene rings is 1. The third kappa shape index (κ3) is 4.20. The second-order valence-corrected chi connectivity index (χ2v) is 5.87. The van der Waals surface area contributed by atoms with Crippen LogP contribution in [-0.2, 0) is 6.54 Å². The van der Waals surface area contributed by atoms with E-state index in [9.17, 15) is 4.79 Å². The second-order valence-electron chi connectivity index (χ2n) is 5.44. The van der Waals surface area contributed by atoms with Crippen LogP contribution in [0.3, 0.4) is 0 Å². The fraction of sp³-hybridized carbons (Fsp3) is 0.400. The van der Waals surface area contributed by atoms with E-state index in [1.807, 2.05) is 0 Å². The molecule has 0 atom stereocenters. The van der Waals surface area contributed by atoms with Gasteiger partial charge in [-0.25, -0.2) is 4.79 Å². The predicted molar refractivity (Wildman–Crippen MR) is 86.4 cm³/mol. The molecule has 0 spiro atoms. The molecule has 2 aromatic rings. The van der Waals surface area contributed by atoms with Crippen molar-refractivity contribution in [1.29, 1.82) is 0 Å². The van der Waals surface area contributed by atoms with E-state index in [2.05, 4.69) is 20.4 Å². The zero-order valence-electron chi connectivity index (χ0n) is 12.8. The van der Waals surface area contributed by atoms with Crippen molar-refractivity contribution in [2.45, 2.75) is 13.5 Å². The van der Waals surface area contributed by atoms with Crippen LogP contribution < -0.4 is 5.32 Å². The summed E-state index contributed by atoms with van der Waals surface area (Å²) in [5.74, 6) is 1.25. The molecule has 8 heteroatoms. The lowest BCUT2D eigenvalue weighted by Crippen LogP contribution is -2.49. The molecule has 2 heterocycles. The van der Waals surface area contributed by atoms with Crippen LogP contribution in [0, 0.1) is 6.92 Å². The van der Waals surface area contributed by atoms with Gasteiger partial charge < -0.3 is 14.7 Å². The number of nitrogens with zero attached hydrogens (tertiary/aromatic N) is 4. The fourth-order valence-corrected chi connectivity index (χ4v) is 2.57. The van der Waals surface area contributed by atoms with E-state index in [0.717, 1.165) is 18.8 Å². The molecule has 1 saturated heterocycles. The Bertz CT molecular complexity index is 665. The Labute approximate surface area is 139 Å². The Balaban J connectivity index is 1.48. The monoisotopic (exact) mass is 335 g/mol. The topological polar surface area (TPSA) is 74.5 Å². The van der Waals surface area contributed by atoms with Gasteiger partial charge in [0.15, 0.2) is 5.82 Å². The Hall–Kier alpha value is -2.12. The number of anilines is 1. The molecule has 0 radical (unpaired) electrons. The first-order chi connectivity index (χ1) is 11.1. The van der Waals surface area contributed by atoms with E-state index in [4.69, 9.17) is 16.1 Å². The number of hydrogen-bond donors (Lipinski definition) is 1. The van der Waals surface area contributed by atoms with Crippen molar-refractivity contribution in [2.24, 2.45) is 0 Å². The van der Waals surface area contributed by atoms with Gasteiger partial charge in [0.25, 0.3) is 0 Å². The zero-order chi connectivity index (χ0) is 16.2. The molecule has 0 aliphatic carbocycles. The van der Waals surface area contributed by atoms with Crippen LogP contribution >= 0.6 is 11.6 Å². The standard InChI is InChI=1S/C15H18ClN5O2/c1-11-17-14(23-19-11)10-20-6-8-21(9-7-20)15(22)18-13-4-2-12(16)3-5-13/h2-5H,6-10H2,1H3,(H,18,22). The molecule has 1 N–H and O–H groups in total. The lowest BCUT2D eigenvalue weighted by molar-refractivity contribution is 0.133. The summed E-state index contributed by atoms with van der Waals surface area (Å²) < 4.78 is 5.12. The van der Waals surface area contributed by atoms with Gasteiger partial charge in [0.2, 0.25) is 5.89 Å². The first kappa shape index (κ1) is 15.8. The van der Waals surface area contributed by atoms with Gasteiger partial charge in [0.05, 0.1) is 6.54 Å². The van der Waals surface area contributed by atoms with Crippen LogP contribution in [0.4, 0.5) is 10.5 Å². The van der Waals surface area contributed by atoms with E-state index < -0.39 is 0 Å². The van der Waals surface area contributed by atoms with Crippen molar-refractivity contribution in [3.05, 3.63) is 41.0 Å². The Morgan fingerprint density at radius 1 is 1.26 bits per heavy atom. The number of urea groups is 1. The number of hydrogen-bond acceptors (Lipinski definition) is 5. The number of rotatable bonds is 3. The number of carbonyl (C=O) groups is 1. The predicted octanol–water partition coefficient (Wildman–Crippen LogP) is 2.38. The minimum Gasteiger partial charge on any atom is -0.338 e. The van der Waals surface area contributed by atoms with Crippen LogP contribution in [-0.4, -0.2) is 52.2 Å². The third-order valence-electron chi connectivity index (χ3n) is 3.68. The van der Waals surface area contributed by atoms with Gasteiger partial charge in [0.1, 0.15) is 0 Å². The highest BCUT2D eigenvalue weighted by Gasteiger charge is 2.22. The number of aryl methyl sites for hydroxylation is 1. The largest absolute Gasteiger partial charge is 0.338 e. The van der Waals surface area contributed by atoms with Gasteiger partial charge in [-0.3, -0.25) is 4.90 Å². The molecular formula is C15H18ClN5O2. The quantitative estimate of drug-likeness (QED) is 0.932. The van der Waals surface area contributed by atoms with Gasteiger partial charge in [-0.15, -0.1) is 0 Å². The maximum Gasteiger partial charge on any atom is 0.321 e. The van der Waals surface area contributed by atoms with Crippen LogP contribution in [0.2, 0.25) is 5.02 Å². The van der Waals surface area contributed by atoms with Gasteiger partial charge in [0, 0.05) is 36.9 Å². The summed E-state index contributed by atoms with van der Waals surface area (Å²) in [6, 6.07) is 6.98. The van der Waals surface area contributed by atoms with Crippen molar-refractivity contribution < 1.29 is 9.32 Å². The molecule has 0 saturated carbocycles. The number of nitrogens with one attached hydrogen (secondary N) is 1. The SMILES string of the molecule is Cc1noc(CN2CCN(C(=O)Nc3ccc(Cl)cc3)CC2)n1. The van der Waals surface area contributed by atoms with Crippen LogP contribution in [0.5, 0.6) is 0 Å². The first-order valence-corrected chi connectivity index (χ1v) is 7.81. The molecule has 1 aliphatic rings. The number of amides is 2. The normalized spacial score (nSPS) is 15.7. The summed E-state index contributed by atoms with van der Waals surface area (Å²) in [5, 5.41) is 7.30. The van der Waals surface area contributed by atoms with E-state index in [0.29, 0.717) is 36.4 Å². The molecule has 23 heavy (non-hydrogen) atoms. The maximum atomic E-state index is 12.2. The smallest absolute Gasteiger partial charge is 0.321 e. The summed E-state index contributed by atoms with van der Waals surface area (Å²) in [6.07, 6.45) is 0. The van der Waals surface area contributed by atoms with E-state index in [-0.39, 0.29) is 6.03 Å². The summed E-state index contributed by atoms with van der Waals surface area (Å²) in [6.45, 7) is 5.28. The summed E-state index contributed by atoms with van der Waals surface area (Å²) >= 11 is 5.84. The average Bonchev–Trinajstić information content (AvgIpc) is 2.95. The molecule has 1 aromatic heterocycles. The van der Waals surface area contributed by atoms with E-state index in [1.165, 1.54) is 0 Å². The summed E-state index contributed by atoms with van der Waals surface area (Å²) in [4.78, 5) is 20.4. The molecule has 1 aromatic carbocycles. The fourth-order valence-electron chi connectivity index (χ4n) is 2.44. The zero-order valence-corrected chi connectivity index (χ0v) is 13.6. The molecule has 3 rings (SSSR count). The third-order valence-corrected chi connectivity index (χ3v) is 3.94. The van der Waals surface area contributed by atoms with Crippen LogP contribution in [0.15, 0.2) is 28.8 Å². The van der Waals surface area contributed by atoms with Crippen molar-refractivity contribution in [1.82, 2.24) is 19.9 Å². The molecule has 2 amide bonds. The minimum atomic E-state index is -0.0967. The van der Waals surface area contributed by atoms with E-state index in [1.54, 1.807) is 36.1 Å². The maximum absolute atomic E-state index is 12.2. The lowest BCUT2D eigenvalue weighted by Gasteiger charge is -2.33. The first-order valence-electron chi connectivity index (χ1n) is 7.43. The second kappa shape index (κ2) is 6.97. The Kier molecular flexibility index (Phi) is 4.78. The number of piperazine rings is 1. The van der Waals surface area contributed by atoms with Crippen LogP contribution in [0.1, 0.15) is 11.7 Å². The highest BCUT2D eigenvalue weighted by Crippen LogP contribution is 2.14. The lowest BCUT2D eigenvalue weighted by atomic mass is 10.3. The van der Waals surface area contributed by atoms with Gasteiger partial charge >= 0.3 is 6.03 Å². The molecule has 0 bridgehead atoms. The number of carbonyl (C=O) groups excluding carboxylic acids is 1. The van der Waals surface area contributed by atoms with Gasteiger partial charge in [-0.2, -0.15) is 4.98 Å². The molecule has 1 aliphatic heterocycles. The molecule has 122 valence electrons. The number of aromatic nitrogens is 2. The minimum absolute atomic E-state index is 0.0967. The van der Waals surface area contributed by atoms with Gasteiger partial charge in [-0.1, -0.05) is 16.8 Å². The molecule has 0 unspecified atom stereocenters. The Morgan fingerprint density at radius 3 is 2.57 bits per heavy atom. The van der Waals surface area contributed by atoms with Crippen LogP contribution in [0.25, 0.3) is 0 Å². The molecular weight excluding hydrogens is 318 g/mol. The summed E-state index contributed by atoms with van der Waals surface area (Å²) in [5.41, 5.74) is 0.739. The average molecular weight is 336 g/mol. The van der Waals surface area contributed by atoms with Crippen molar-refractivity contribution >= 4 is 23.3 Å². The molecule has 1 fully saturated rings. The van der Waals surface area contributed by atoms with Crippen molar-refractivity contribution in [2.75, 3.05) is 31.5 Å². The highest BCUT2D eigenvalue weighted by molar-refractivity contribution is 6.30. The van der Waals surface area contributed by atoms with Crippen molar-refractivity contribution in [3.63, 3.8) is 0 Å². The van der Waals surface area contributed by atoms with E-state index >= 15 is 0 Å². The highest BCUT2D eigenvalue weighted by atomic mass is 35.5. The summed E-state index contributed by atoms with van der Waals surface area (Å²) in [7, 11) is 0. The number of halogens is 1.